The highest BCUT2D eigenvalue weighted by Gasteiger charge is 2.19. The van der Waals surface area contributed by atoms with E-state index in [1.165, 1.54) is 30.4 Å². The van der Waals surface area contributed by atoms with Gasteiger partial charge >= 0.3 is 5.97 Å². The molecule has 0 saturated carbocycles. The Labute approximate surface area is 300 Å². The van der Waals surface area contributed by atoms with Gasteiger partial charge in [-0.15, -0.1) is 0 Å². The van der Waals surface area contributed by atoms with Crippen molar-refractivity contribution in [3.05, 3.63) is 156 Å². The van der Waals surface area contributed by atoms with Gasteiger partial charge in [-0.1, -0.05) is 54.6 Å². The number of rotatable bonds is 11. The lowest BCUT2D eigenvalue weighted by molar-refractivity contribution is -0.141. The second kappa shape index (κ2) is 16.2. The van der Waals surface area contributed by atoms with Crippen molar-refractivity contribution in [2.75, 3.05) is 39.7 Å². The largest absolute Gasteiger partial charge is 0.493 e. The van der Waals surface area contributed by atoms with Crippen LogP contribution in [-0.2, 0) is 35.5 Å². The number of methoxy groups -OCH3 is 3. The molecule has 2 heterocycles. The molecule has 1 aromatic heterocycles. The number of fused-ring (bicyclic) bond motifs is 1. The number of anilines is 1. The Morgan fingerprint density at radius 2 is 1.54 bits per heavy atom. The fraction of sp³-hybridized carbons (Fsp3) is 0.220. The number of benzene rings is 4. The quantitative estimate of drug-likeness (QED) is 0.201. The minimum absolute atomic E-state index is 0.0117. The zero-order chi connectivity index (χ0) is 36.6. The Kier molecular flexibility index (Phi) is 11.1. The first-order chi connectivity index (χ1) is 25.2. The normalized spacial score (nSPS) is 13.4. The van der Waals surface area contributed by atoms with E-state index in [1.807, 2.05) is 30.3 Å². The molecule has 0 atom stereocenters. The lowest BCUT2D eigenvalue weighted by atomic mass is 9.98. The summed E-state index contributed by atoms with van der Waals surface area (Å²) in [6, 6.07) is 27.6. The molecule has 11 nitrogen and oxygen atoms in total. The molecule has 6 rings (SSSR count). The summed E-state index contributed by atoms with van der Waals surface area (Å²) in [5.74, 6) is 0.497. The average Bonchev–Trinajstić information content (AvgIpc) is 3.17. The standard InChI is InChI=1S/C41H40N4O7/c1-50-36-23-30-17-19-44(25-32(30)24-37(36)51-2)18-16-27-12-14-33(15-13-27)42-39(47)31-11-7-10-29(20-31)21-34-41(49)45(26-38(46)52-3)35(40(48)43-34)22-28-8-5-4-6-9-28/h4-15,20-24H,16-19,25-26H2,1-3H3,(H,42,47)(H,43,48)/b34-21-,35-22-. The lowest BCUT2D eigenvalue weighted by Gasteiger charge is -2.29. The second-order valence-electron chi connectivity index (χ2n) is 12.4. The highest BCUT2D eigenvalue weighted by molar-refractivity contribution is 6.04. The van der Waals surface area contributed by atoms with Crippen molar-refractivity contribution in [3.63, 3.8) is 0 Å². The number of esters is 1. The third-order valence-electron chi connectivity index (χ3n) is 9.05. The molecule has 0 unspecified atom stereocenters. The van der Waals surface area contributed by atoms with E-state index in [2.05, 4.69) is 27.3 Å². The van der Waals surface area contributed by atoms with Crippen molar-refractivity contribution >= 4 is 29.7 Å². The van der Waals surface area contributed by atoms with Crippen molar-refractivity contribution < 1.29 is 23.8 Å². The topological polar surface area (TPSA) is 132 Å². The fourth-order valence-electron chi connectivity index (χ4n) is 6.23. The van der Waals surface area contributed by atoms with Gasteiger partial charge in [-0.3, -0.25) is 28.6 Å². The van der Waals surface area contributed by atoms with E-state index < -0.39 is 23.6 Å². The SMILES string of the molecule is COC(=O)Cn1c(=O)/c(=C/c2cccc(C(=O)Nc3ccc(CCN4CCc5cc(OC)c(OC)cc5C4)cc3)c2)[nH]c(=O)/c1=C/c1ccccc1. The van der Waals surface area contributed by atoms with Crippen molar-refractivity contribution in [3.8, 4) is 11.5 Å². The van der Waals surface area contributed by atoms with Gasteiger partial charge in [0.25, 0.3) is 17.0 Å². The molecule has 1 aliphatic heterocycles. The van der Waals surface area contributed by atoms with E-state index in [-0.39, 0.29) is 16.6 Å². The number of H-pyrrole nitrogens is 1. The van der Waals surface area contributed by atoms with Crippen LogP contribution in [0.3, 0.4) is 0 Å². The van der Waals surface area contributed by atoms with E-state index in [0.29, 0.717) is 22.4 Å². The molecule has 266 valence electrons. The maximum atomic E-state index is 13.5. The number of aromatic nitrogens is 2. The van der Waals surface area contributed by atoms with E-state index >= 15 is 0 Å². The number of carbonyl (C=O) groups is 2. The Morgan fingerprint density at radius 1 is 0.827 bits per heavy atom. The van der Waals surface area contributed by atoms with Crippen LogP contribution in [0.15, 0.2) is 101 Å². The Bertz CT molecular complexity index is 2330. The molecular weight excluding hydrogens is 660 g/mol. The number of nitrogens with one attached hydrogen (secondary N) is 2. The van der Waals surface area contributed by atoms with Gasteiger partial charge in [0, 0.05) is 30.9 Å². The number of aromatic amines is 1. The van der Waals surface area contributed by atoms with Gasteiger partial charge in [-0.2, -0.15) is 0 Å². The highest BCUT2D eigenvalue weighted by Crippen LogP contribution is 2.33. The zero-order valence-corrected chi connectivity index (χ0v) is 29.3. The molecule has 0 aliphatic carbocycles. The molecule has 0 bridgehead atoms. The molecule has 5 aromatic rings. The first-order valence-corrected chi connectivity index (χ1v) is 16.9. The first kappa shape index (κ1) is 35.6. The summed E-state index contributed by atoms with van der Waals surface area (Å²) in [7, 11) is 4.52. The van der Waals surface area contributed by atoms with Crippen molar-refractivity contribution in [2.45, 2.75) is 25.9 Å². The van der Waals surface area contributed by atoms with Crippen LogP contribution in [0.1, 0.15) is 38.2 Å². The van der Waals surface area contributed by atoms with E-state index in [0.717, 1.165) is 54.1 Å². The van der Waals surface area contributed by atoms with Crippen LogP contribution in [0.4, 0.5) is 5.69 Å². The predicted octanol–water partition coefficient (Wildman–Crippen LogP) is 3.24. The minimum atomic E-state index is -0.677. The lowest BCUT2D eigenvalue weighted by Crippen LogP contribution is -2.54. The second-order valence-corrected chi connectivity index (χ2v) is 12.4. The minimum Gasteiger partial charge on any atom is -0.493 e. The van der Waals surface area contributed by atoms with Crippen LogP contribution in [-0.4, -0.2) is 60.7 Å². The van der Waals surface area contributed by atoms with Crippen molar-refractivity contribution in [1.29, 1.82) is 0 Å². The zero-order valence-electron chi connectivity index (χ0n) is 29.3. The van der Waals surface area contributed by atoms with Gasteiger partial charge in [0.2, 0.25) is 0 Å². The highest BCUT2D eigenvalue weighted by atomic mass is 16.5. The molecule has 1 aliphatic rings. The number of amides is 1. The summed E-state index contributed by atoms with van der Waals surface area (Å²) in [4.78, 5) is 57.3. The molecule has 0 saturated heterocycles. The maximum absolute atomic E-state index is 13.5. The molecule has 11 heteroatoms. The Balaban J connectivity index is 1.14. The summed E-state index contributed by atoms with van der Waals surface area (Å²) in [6.07, 6.45) is 4.83. The summed E-state index contributed by atoms with van der Waals surface area (Å²) in [6.45, 7) is 2.26. The smallest absolute Gasteiger partial charge is 0.325 e. The maximum Gasteiger partial charge on any atom is 0.325 e. The van der Waals surface area contributed by atoms with Gasteiger partial charge in [0.15, 0.2) is 11.5 Å². The molecule has 0 fully saturated rings. The number of nitrogens with zero attached hydrogens (tertiary/aromatic N) is 2. The molecule has 1 amide bonds. The molecule has 4 aromatic carbocycles. The molecule has 0 spiro atoms. The number of ether oxygens (including phenoxy) is 3. The van der Waals surface area contributed by atoms with Crippen LogP contribution >= 0.6 is 0 Å². The fourth-order valence-corrected chi connectivity index (χ4v) is 6.23. The van der Waals surface area contributed by atoms with Crippen LogP contribution < -0.4 is 36.6 Å². The molecule has 0 radical (unpaired) electrons. The van der Waals surface area contributed by atoms with E-state index in [9.17, 15) is 19.2 Å². The van der Waals surface area contributed by atoms with Gasteiger partial charge < -0.3 is 24.5 Å². The summed E-state index contributed by atoms with van der Waals surface area (Å²) >= 11 is 0. The summed E-state index contributed by atoms with van der Waals surface area (Å²) < 4.78 is 16.8. The monoisotopic (exact) mass is 700 g/mol. The van der Waals surface area contributed by atoms with Crippen molar-refractivity contribution in [2.24, 2.45) is 0 Å². The molecule has 52 heavy (non-hydrogen) atoms. The average molecular weight is 701 g/mol. The third kappa shape index (κ3) is 8.39. The Hall–Kier alpha value is -6.20. The molecule has 2 N–H and O–H groups in total. The van der Waals surface area contributed by atoms with Crippen LogP contribution in [0.5, 0.6) is 11.5 Å². The van der Waals surface area contributed by atoms with Gasteiger partial charge in [-0.05, 0) is 89.2 Å². The van der Waals surface area contributed by atoms with Crippen LogP contribution in [0.2, 0.25) is 0 Å². The summed E-state index contributed by atoms with van der Waals surface area (Å²) in [5.41, 5.74) is 4.77. The summed E-state index contributed by atoms with van der Waals surface area (Å²) in [5, 5.41) is 2.91. The van der Waals surface area contributed by atoms with Crippen LogP contribution in [0.25, 0.3) is 12.2 Å². The molecular formula is C41H40N4O7. The van der Waals surface area contributed by atoms with E-state index in [4.69, 9.17) is 14.2 Å². The number of hydrogen-bond acceptors (Lipinski definition) is 8. The van der Waals surface area contributed by atoms with Gasteiger partial charge in [-0.25, -0.2) is 0 Å². The third-order valence-corrected chi connectivity index (χ3v) is 9.05. The van der Waals surface area contributed by atoms with Crippen LogP contribution in [0, 0.1) is 0 Å². The number of carbonyl (C=O) groups excluding carboxylic acids is 2. The van der Waals surface area contributed by atoms with E-state index in [1.54, 1.807) is 62.8 Å². The number of hydrogen-bond donors (Lipinski definition) is 2. The predicted molar refractivity (Wildman–Crippen MR) is 199 cm³/mol. The van der Waals surface area contributed by atoms with Gasteiger partial charge in [0.05, 0.1) is 21.3 Å². The Morgan fingerprint density at radius 3 is 2.25 bits per heavy atom. The van der Waals surface area contributed by atoms with Gasteiger partial charge in [0.1, 0.15) is 17.2 Å². The van der Waals surface area contributed by atoms with Crippen molar-refractivity contribution in [1.82, 2.24) is 14.5 Å². The first-order valence-electron chi connectivity index (χ1n) is 16.9.